The Morgan fingerprint density at radius 1 is 0.880 bits per heavy atom. The molecular weight excluding hydrogens is 352 g/mol. The molecule has 0 aliphatic heterocycles. The molecule has 0 saturated heterocycles. The summed E-state index contributed by atoms with van der Waals surface area (Å²) in [5, 5.41) is 13.1. The number of imidazole rings is 1. The van der Waals surface area contributed by atoms with Crippen molar-refractivity contribution in [3.8, 4) is 11.4 Å². The maximum absolute atomic E-state index is 5.12. The van der Waals surface area contributed by atoms with Gasteiger partial charge in [0.25, 0.3) is 0 Å². The number of nitrogens with one attached hydrogen (secondary N) is 5. The molecule has 2 aromatic carbocycles. The van der Waals surface area contributed by atoms with Crippen molar-refractivity contribution in [1.82, 2.24) is 20.6 Å². The van der Waals surface area contributed by atoms with Gasteiger partial charge in [0, 0.05) is 31.0 Å². The first kappa shape index (κ1) is 17.1. The molecule has 0 fully saturated rings. The predicted octanol–water partition coefficient (Wildman–Crippen LogP) is 3.06. The summed E-state index contributed by atoms with van der Waals surface area (Å²) >= 11 is 10.2. The predicted molar refractivity (Wildman–Crippen MR) is 112 cm³/mol. The summed E-state index contributed by atoms with van der Waals surface area (Å²) in [7, 11) is 3.56. The first-order valence-electron chi connectivity index (χ1n) is 7.66. The summed E-state index contributed by atoms with van der Waals surface area (Å²) in [4.78, 5) is 7.98. The number of fused-ring (bicyclic) bond motifs is 1. The first-order chi connectivity index (χ1) is 12.1. The molecule has 8 heteroatoms. The molecule has 3 rings (SSSR count). The van der Waals surface area contributed by atoms with Crippen molar-refractivity contribution in [3.63, 3.8) is 0 Å². The number of anilines is 2. The molecule has 0 aliphatic carbocycles. The van der Waals surface area contributed by atoms with Gasteiger partial charge in [-0.2, -0.15) is 0 Å². The second-order valence-corrected chi connectivity index (χ2v) is 6.12. The fraction of sp³-hybridized carbons (Fsp3) is 0.118. The monoisotopic (exact) mass is 370 g/mol. The number of hydrogen-bond acceptors (Lipinski definition) is 3. The summed E-state index contributed by atoms with van der Waals surface area (Å²) in [5.74, 6) is 0.811. The molecular formula is C17H18N6S2. The van der Waals surface area contributed by atoms with E-state index in [4.69, 9.17) is 24.4 Å². The summed E-state index contributed by atoms with van der Waals surface area (Å²) < 4.78 is 0. The minimum atomic E-state index is 0.571. The molecule has 25 heavy (non-hydrogen) atoms. The third kappa shape index (κ3) is 4.04. The average Bonchev–Trinajstić information content (AvgIpc) is 3.05. The lowest BCUT2D eigenvalue weighted by Crippen LogP contribution is -2.23. The quantitative estimate of drug-likeness (QED) is 0.454. The van der Waals surface area contributed by atoms with Crippen molar-refractivity contribution in [2.75, 3.05) is 24.7 Å². The minimum Gasteiger partial charge on any atom is -0.366 e. The highest BCUT2D eigenvalue weighted by atomic mass is 32.1. The lowest BCUT2D eigenvalue weighted by atomic mass is 10.2. The van der Waals surface area contributed by atoms with E-state index in [0.717, 1.165) is 33.8 Å². The van der Waals surface area contributed by atoms with Gasteiger partial charge < -0.3 is 26.3 Å². The Hall–Kier alpha value is -2.71. The van der Waals surface area contributed by atoms with Gasteiger partial charge in [0.15, 0.2) is 10.2 Å². The first-order valence-corrected chi connectivity index (χ1v) is 8.48. The largest absolute Gasteiger partial charge is 0.366 e. The molecule has 0 saturated carbocycles. The molecule has 6 nitrogen and oxygen atoms in total. The van der Waals surface area contributed by atoms with Crippen LogP contribution in [-0.2, 0) is 0 Å². The lowest BCUT2D eigenvalue weighted by molar-refractivity contribution is 1.20. The van der Waals surface area contributed by atoms with Crippen LogP contribution in [0.25, 0.3) is 22.4 Å². The molecule has 1 heterocycles. The number of hydrogen-bond donors (Lipinski definition) is 5. The number of thiocarbonyl (C=S) groups is 2. The summed E-state index contributed by atoms with van der Waals surface area (Å²) in [5.41, 5.74) is 4.66. The third-order valence-electron chi connectivity index (χ3n) is 3.61. The van der Waals surface area contributed by atoms with Gasteiger partial charge in [0.1, 0.15) is 5.82 Å². The van der Waals surface area contributed by atoms with Crippen LogP contribution in [0.1, 0.15) is 0 Å². The molecule has 0 atom stereocenters. The Labute approximate surface area is 156 Å². The van der Waals surface area contributed by atoms with Crippen LogP contribution in [-0.4, -0.2) is 34.3 Å². The molecule has 0 spiro atoms. The zero-order valence-corrected chi connectivity index (χ0v) is 15.4. The summed E-state index contributed by atoms with van der Waals surface area (Å²) in [6.07, 6.45) is 0. The van der Waals surface area contributed by atoms with Crippen molar-refractivity contribution in [2.24, 2.45) is 0 Å². The van der Waals surface area contributed by atoms with Crippen LogP contribution >= 0.6 is 24.4 Å². The second-order valence-electron chi connectivity index (χ2n) is 5.30. The van der Waals surface area contributed by atoms with Gasteiger partial charge in [-0.05, 0) is 66.9 Å². The van der Waals surface area contributed by atoms with Crippen LogP contribution in [0.5, 0.6) is 0 Å². The highest BCUT2D eigenvalue weighted by Gasteiger charge is 2.07. The molecule has 1 aromatic heterocycles. The van der Waals surface area contributed by atoms with Gasteiger partial charge in [-0.1, -0.05) is 0 Å². The SMILES string of the molecule is CNC(=S)Nc1ccc(-c2nc3ccc(NC(=S)NC)cc3[nH]2)cc1. The smallest absolute Gasteiger partial charge is 0.170 e. The van der Waals surface area contributed by atoms with E-state index in [1.54, 1.807) is 14.1 Å². The van der Waals surface area contributed by atoms with E-state index in [9.17, 15) is 0 Å². The van der Waals surface area contributed by atoms with Gasteiger partial charge >= 0.3 is 0 Å². The number of nitrogens with zero attached hydrogens (tertiary/aromatic N) is 1. The fourth-order valence-electron chi connectivity index (χ4n) is 2.32. The standard InChI is InChI=1S/C17H18N6S2/c1-18-16(24)20-11-5-3-10(4-6-11)15-22-13-8-7-12(9-14(13)23-15)21-17(25)19-2/h3-9H,1-2H3,(H,22,23)(H2,18,20,24)(H2,19,21,25). The average molecular weight is 371 g/mol. The van der Waals surface area contributed by atoms with Crippen molar-refractivity contribution in [2.45, 2.75) is 0 Å². The van der Waals surface area contributed by atoms with Crippen LogP contribution in [0.2, 0.25) is 0 Å². The number of aromatic nitrogens is 2. The van der Waals surface area contributed by atoms with E-state index in [1.807, 2.05) is 42.5 Å². The van der Waals surface area contributed by atoms with Crippen molar-refractivity contribution in [3.05, 3.63) is 42.5 Å². The van der Waals surface area contributed by atoms with E-state index in [2.05, 4.69) is 31.2 Å². The van der Waals surface area contributed by atoms with E-state index in [-0.39, 0.29) is 0 Å². The molecule has 0 bridgehead atoms. The Kier molecular flexibility index (Phi) is 5.11. The van der Waals surface area contributed by atoms with Gasteiger partial charge in [0.05, 0.1) is 11.0 Å². The maximum Gasteiger partial charge on any atom is 0.170 e. The zero-order valence-electron chi connectivity index (χ0n) is 13.8. The molecule has 3 aromatic rings. The van der Waals surface area contributed by atoms with Gasteiger partial charge in [-0.25, -0.2) is 4.98 Å². The summed E-state index contributed by atoms with van der Waals surface area (Å²) in [6, 6.07) is 13.8. The summed E-state index contributed by atoms with van der Waals surface area (Å²) in [6.45, 7) is 0. The highest BCUT2D eigenvalue weighted by molar-refractivity contribution is 7.80. The number of benzene rings is 2. The Balaban J connectivity index is 1.83. The van der Waals surface area contributed by atoms with Crippen molar-refractivity contribution < 1.29 is 0 Å². The third-order valence-corrected chi connectivity index (χ3v) is 4.22. The van der Waals surface area contributed by atoms with Crippen LogP contribution in [0.4, 0.5) is 11.4 Å². The van der Waals surface area contributed by atoms with Crippen LogP contribution in [0, 0.1) is 0 Å². The highest BCUT2D eigenvalue weighted by Crippen LogP contribution is 2.24. The molecule has 0 radical (unpaired) electrons. The number of aromatic amines is 1. The van der Waals surface area contributed by atoms with Gasteiger partial charge in [-0.15, -0.1) is 0 Å². The maximum atomic E-state index is 5.12. The van der Waals surface area contributed by atoms with Crippen molar-refractivity contribution >= 4 is 57.1 Å². The molecule has 0 aliphatic rings. The van der Waals surface area contributed by atoms with E-state index in [1.165, 1.54) is 0 Å². The topological polar surface area (TPSA) is 76.8 Å². The fourth-order valence-corrected chi connectivity index (χ4v) is 2.56. The molecule has 128 valence electrons. The number of rotatable bonds is 3. The normalized spacial score (nSPS) is 10.3. The Bertz CT molecular complexity index is 917. The van der Waals surface area contributed by atoms with E-state index < -0.39 is 0 Å². The zero-order chi connectivity index (χ0) is 17.8. The second kappa shape index (κ2) is 7.45. The Morgan fingerprint density at radius 2 is 1.48 bits per heavy atom. The van der Waals surface area contributed by atoms with Crippen LogP contribution in [0.3, 0.4) is 0 Å². The lowest BCUT2D eigenvalue weighted by Gasteiger charge is -2.07. The Morgan fingerprint density at radius 3 is 2.12 bits per heavy atom. The van der Waals surface area contributed by atoms with Gasteiger partial charge in [0.2, 0.25) is 0 Å². The molecule has 0 amide bonds. The van der Waals surface area contributed by atoms with Crippen molar-refractivity contribution in [1.29, 1.82) is 0 Å². The number of H-pyrrole nitrogens is 1. The molecule has 0 unspecified atom stereocenters. The van der Waals surface area contributed by atoms with E-state index >= 15 is 0 Å². The van der Waals surface area contributed by atoms with Crippen LogP contribution < -0.4 is 21.3 Å². The van der Waals surface area contributed by atoms with E-state index in [0.29, 0.717) is 10.2 Å². The van der Waals surface area contributed by atoms with Crippen LogP contribution in [0.15, 0.2) is 42.5 Å². The minimum absolute atomic E-state index is 0.571. The molecule has 5 N–H and O–H groups in total. The van der Waals surface area contributed by atoms with Gasteiger partial charge in [-0.3, -0.25) is 0 Å².